The van der Waals surface area contributed by atoms with E-state index in [0.717, 1.165) is 49.0 Å². The van der Waals surface area contributed by atoms with E-state index >= 15 is 0 Å². The lowest BCUT2D eigenvalue weighted by Gasteiger charge is -2.21. The van der Waals surface area contributed by atoms with Gasteiger partial charge in [0.25, 0.3) is 0 Å². The highest BCUT2D eigenvalue weighted by Crippen LogP contribution is 2.43. The zero-order valence-corrected chi connectivity index (χ0v) is 14.2. The highest BCUT2D eigenvalue weighted by Gasteiger charge is 2.40. The van der Waals surface area contributed by atoms with E-state index in [1.54, 1.807) is 24.2 Å². The van der Waals surface area contributed by atoms with Gasteiger partial charge in [0.2, 0.25) is 0 Å². The molecular formula is C19H24N4OS. The van der Waals surface area contributed by atoms with Crippen molar-refractivity contribution in [3.05, 3.63) is 36.2 Å². The second-order valence-corrected chi connectivity index (χ2v) is 8.14. The van der Waals surface area contributed by atoms with Gasteiger partial charge in [-0.3, -0.25) is 4.90 Å². The van der Waals surface area contributed by atoms with Gasteiger partial charge in [0.05, 0.1) is 11.8 Å². The van der Waals surface area contributed by atoms with E-state index in [2.05, 4.69) is 38.4 Å². The van der Waals surface area contributed by atoms with Crippen LogP contribution in [-0.4, -0.2) is 39.2 Å². The van der Waals surface area contributed by atoms with Crippen molar-refractivity contribution in [3.63, 3.8) is 0 Å². The van der Waals surface area contributed by atoms with Crippen molar-refractivity contribution in [2.24, 2.45) is 11.8 Å². The number of anilines is 2. The number of benzene rings is 1. The Morgan fingerprint density at radius 3 is 2.72 bits per heavy atom. The zero-order valence-electron chi connectivity index (χ0n) is 13.4. The van der Waals surface area contributed by atoms with Crippen LogP contribution in [0.2, 0.25) is 0 Å². The number of rotatable bonds is 2. The second kappa shape index (κ2) is 6.59. The third kappa shape index (κ3) is 3.14. The van der Waals surface area contributed by atoms with Crippen molar-refractivity contribution in [3.8, 4) is 0 Å². The Morgan fingerprint density at radius 2 is 1.92 bits per heavy atom. The van der Waals surface area contributed by atoms with Crippen molar-refractivity contribution in [1.29, 1.82) is 0 Å². The highest BCUT2D eigenvalue weighted by molar-refractivity contribution is 7.99. The summed E-state index contributed by atoms with van der Waals surface area (Å²) in [6.07, 6.45) is 5.36. The van der Waals surface area contributed by atoms with Crippen LogP contribution in [0.15, 0.2) is 40.5 Å². The number of likely N-dealkylation sites (tertiary alicyclic amines) is 1. The third-order valence-corrected chi connectivity index (χ3v) is 6.44. The Labute approximate surface area is 152 Å². The third-order valence-electron chi connectivity index (χ3n) is 5.38. The highest BCUT2D eigenvalue weighted by atomic mass is 32.2. The summed E-state index contributed by atoms with van der Waals surface area (Å²) in [6.45, 7) is 3.22. The van der Waals surface area contributed by atoms with Gasteiger partial charge in [-0.2, -0.15) is 0 Å². The van der Waals surface area contributed by atoms with Crippen LogP contribution in [0.5, 0.6) is 0 Å². The van der Waals surface area contributed by atoms with Crippen LogP contribution < -0.4 is 5.32 Å². The monoisotopic (exact) mass is 356 g/mol. The van der Waals surface area contributed by atoms with Crippen molar-refractivity contribution in [2.45, 2.75) is 42.8 Å². The van der Waals surface area contributed by atoms with Crippen LogP contribution >= 0.6 is 11.8 Å². The molecule has 3 heterocycles. The van der Waals surface area contributed by atoms with Crippen molar-refractivity contribution >= 4 is 23.3 Å². The normalized spacial score (nSPS) is 27.0. The van der Waals surface area contributed by atoms with Gasteiger partial charge in [-0.25, -0.2) is 9.97 Å². The molecule has 0 radical (unpaired) electrons. The predicted molar refractivity (Wildman–Crippen MR) is 100 cm³/mol. The summed E-state index contributed by atoms with van der Waals surface area (Å²) in [5, 5.41) is 14.1. The number of nitrogens with one attached hydrogen (secondary N) is 1. The quantitative estimate of drug-likeness (QED) is 0.732. The molecule has 132 valence electrons. The molecule has 5 nitrogen and oxygen atoms in total. The molecule has 1 aliphatic carbocycles. The fraction of sp³-hybridized carbons (Fsp3) is 0.474. The van der Waals surface area contributed by atoms with Crippen LogP contribution in [-0.2, 0) is 6.54 Å². The predicted octanol–water partition coefficient (Wildman–Crippen LogP) is 3.52. The molecule has 2 fully saturated rings. The average molecular weight is 356 g/mol. The van der Waals surface area contributed by atoms with Gasteiger partial charge in [-0.05, 0) is 42.4 Å². The average Bonchev–Trinajstić information content (AvgIpc) is 3.09. The first-order valence-corrected chi connectivity index (χ1v) is 9.35. The van der Waals surface area contributed by atoms with Crippen LogP contribution in [0.3, 0.4) is 0 Å². The Morgan fingerprint density at radius 1 is 1.16 bits per heavy atom. The minimum atomic E-state index is -0.0618. The molecular weight excluding hydrogens is 332 g/mol. The number of aliphatic hydroxyl groups excluding tert-OH is 1. The molecule has 2 unspecified atom stereocenters. The minimum absolute atomic E-state index is 0. The number of aromatic nitrogens is 2. The van der Waals surface area contributed by atoms with Gasteiger partial charge >= 0.3 is 0 Å². The smallest absolute Gasteiger partial charge is 0.163 e. The summed E-state index contributed by atoms with van der Waals surface area (Å²) < 4.78 is 0. The SMILES string of the molecule is C.OC1CC2CN(Cc3ccc4c(c3)Nc3nccnc3S4)CC2C1. The lowest BCUT2D eigenvalue weighted by Crippen LogP contribution is -2.22. The molecule has 1 saturated heterocycles. The van der Waals surface area contributed by atoms with Crippen molar-refractivity contribution in [1.82, 2.24) is 14.9 Å². The van der Waals surface area contributed by atoms with E-state index in [0.29, 0.717) is 11.8 Å². The Kier molecular flexibility index (Phi) is 4.43. The Balaban J connectivity index is 0.00000157. The first kappa shape index (κ1) is 16.8. The Bertz CT molecular complexity index is 770. The molecule has 1 aromatic carbocycles. The van der Waals surface area contributed by atoms with Crippen LogP contribution in [0.4, 0.5) is 11.5 Å². The minimum Gasteiger partial charge on any atom is -0.393 e. The molecule has 3 aliphatic rings. The van der Waals surface area contributed by atoms with E-state index in [9.17, 15) is 5.11 Å². The molecule has 5 rings (SSSR count). The summed E-state index contributed by atoms with van der Waals surface area (Å²) in [5.74, 6) is 2.22. The summed E-state index contributed by atoms with van der Waals surface area (Å²) in [6, 6.07) is 6.64. The molecule has 1 aromatic heterocycles. The maximum absolute atomic E-state index is 9.78. The summed E-state index contributed by atoms with van der Waals surface area (Å²) in [4.78, 5) is 12.5. The van der Waals surface area contributed by atoms with Gasteiger partial charge in [0, 0.05) is 36.9 Å². The van der Waals surface area contributed by atoms with Gasteiger partial charge in [-0.1, -0.05) is 25.3 Å². The number of hydrogen-bond donors (Lipinski definition) is 2. The number of aliphatic hydroxyl groups is 1. The molecule has 0 bridgehead atoms. The molecule has 2 aromatic rings. The van der Waals surface area contributed by atoms with Gasteiger partial charge in [-0.15, -0.1) is 0 Å². The van der Waals surface area contributed by atoms with Gasteiger partial charge < -0.3 is 10.4 Å². The molecule has 2 aliphatic heterocycles. The van der Waals surface area contributed by atoms with Crippen LogP contribution in [0, 0.1) is 11.8 Å². The van der Waals surface area contributed by atoms with E-state index in [4.69, 9.17) is 0 Å². The Hall–Kier alpha value is -1.63. The summed E-state index contributed by atoms with van der Waals surface area (Å²) in [7, 11) is 0. The van der Waals surface area contributed by atoms with Crippen LogP contribution in [0.1, 0.15) is 25.8 Å². The van der Waals surface area contributed by atoms with Gasteiger partial charge in [0.15, 0.2) is 5.82 Å². The molecule has 2 atom stereocenters. The largest absolute Gasteiger partial charge is 0.393 e. The maximum Gasteiger partial charge on any atom is 0.163 e. The molecule has 2 N–H and O–H groups in total. The fourth-order valence-corrected chi connectivity index (χ4v) is 5.21. The van der Waals surface area contributed by atoms with E-state index < -0.39 is 0 Å². The summed E-state index contributed by atoms with van der Waals surface area (Å²) in [5.41, 5.74) is 2.45. The van der Waals surface area contributed by atoms with E-state index in [-0.39, 0.29) is 13.5 Å². The summed E-state index contributed by atoms with van der Waals surface area (Å²) >= 11 is 1.67. The topological polar surface area (TPSA) is 61.3 Å². The van der Waals surface area contributed by atoms with Crippen LogP contribution in [0.25, 0.3) is 0 Å². The molecule has 25 heavy (non-hydrogen) atoms. The molecule has 6 heteroatoms. The second-order valence-electron chi connectivity index (χ2n) is 7.11. The molecule has 0 amide bonds. The lowest BCUT2D eigenvalue weighted by atomic mass is 10.0. The number of hydrogen-bond acceptors (Lipinski definition) is 6. The maximum atomic E-state index is 9.78. The van der Waals surface area contributed by atoms with E-state index in [1.165, 1.54) is 10.5 Å². The molecule has 1 saturated carbocycles. The standard InChI is InChI=1S/C18H20N4OS.CH4/c23-14-6-12-9-22(10-13(12)7-14)8-11-1-2-16-15(5-11)21-17-18(24-16)20-4-3-19-17;/h1-5,12-14,23H,6-10H2,(H,19,21);1H4. The lowest BCUT2D eigenvalue weighted by molar-refractivity contribution is 0.161. The first-order chi connectivity index (χ1) is 11.7. The zero-order chi connectivity index (χ0) is 16.1. The first-order valence-electron chi connectivity index (χ1n) is 8.54. The molecule has 0 spiro atoms. The fourth-order valence-electron chi connectivity index (χ4n) is 4.33. The number of fused-ring (bicyclic) bond motifs is 3. The van der Waals surface area contributed by atoms with Crippen molar-refractivity contribution < 1.29 is 5.11 Å². The number of nitrogens with zero attached hydrogens (tertiary/aromatic N) is 3. The van der Waals surface area contributed by atoms with Gasteiger partial charge in [0.1, 0.15) is 5.03 Å². The van der Waals surface area contributed by atoms with E-state index in [1.807, 2.05) is 0 Å². The van der Waals surface area contributed by atoms with Crippen molar-refractivity contribution in [2.75, 3.05) is 18.4 Å².